The topological polar surface area (TPSA) is 47.3 Å². The van der Waals surface area contributed by atoms with Crippen LogP contribution in [0.5, 0.6) is 5.75 Å². The molecule has 0 heterocycles. The second-order valence-electron chi connectivity index (χ2n) is 4.77. The Morgan fingerprint density at radius 3 is 2.57 bits per heavy atom. The average molecular weight is 309 g/mol. The van der Waals surface area contributed by atoms with Gasteiger partial charge in [-0.2, -0.15) is 0 Å². The molecule has 2 aromatic rings. The maximum Gasteiger partial charge on any atom is 0.123 e. The number of benzene rings is 2. The third-order valence-corrected chi connectivity index (χ3v) is 3.76. The van der Waals surface area contributed by atoms with Crippen molar-refractivity contribution in [2.45, 2.75) is 18.9 Å². The molecule has 0 aliphatic carbocycles. The molecule has 0 saturated heterocycles. The van der Waals surface area contributed by atoms with Gasteiger partial charge in [0.1, 0.15) is 11.6 Å². The lowest BCUT2D eigenvalue weighted by Crippen LogP contribution is -2.28. The lowest BCUT2D eigenvalue weighted by atomic mass is 9.99. The minimum Gasteiger partial charge on any atom is -0.497 e. The Bertz CT molecular complexity index is 589. The molecule has 2 rings (SSSR count). The van der Waals surface area contributed by atoms with Crippen LogP contribution >= 0.6 is 11.6 Å². The van der Waals surface area contributed by atoms with Crippen LogP contribution in [0.15, 0.2) is 42.5 Å². The molecule has 0 aliphatic rings. The smallest absolute Gasteiger partial charge is 0.123 e. The number of hydrazine groups is 1. The van der Waals surface area contributed by atoms with Crippen LogP contribution in [0.3, 0.4) is 0 Å². The molecule has 112 valence electrons. The van der Waals surface area contributed by atoms with Gasteiger partial charge in [0.25, 0.3) is 0 Å². The van der Waals surface area contributed by atoms with Gasteiger partial charge in [-0.3, -0.25) is 11.3 Å². The fourth-order valence-corrected chi connectivity index (χ4v) is 2.46. The van der Waals surface area contributed by atoms with Crippen molar-refractivity contribution < 1.29 is 9.13 Å². The van der Waals surface area contributed by atoms with Crippen LogP contribution in [0.1, 0.15) is 23.6 Å². The number of hydrogen-bond acceptors (Lipinski definition) is 3. The molecule has 0 bridgehead atoms. The largest absolute Gasteiger partial charge is 0.497 e. The average Bonchev–Trinajstić information content (AvgIpc) is 2.51. The summed E-state index contributed by atoms with van der Waals surface area (Å²) >= 11 is 6.11. The SMILES string of the molecule is COc1ccc(CCC(NN)c2cc(F)ccc2Cl)cc1. The normalized spacial score (nSPS) is 12.2. The summed E-state index contributed by atoms with van der Waals surface area (Å²) in [6.07, 6.45) is 1.51. The Hall–Kier alpha value is -1.62. The summed E-state index contributed by atoms with van der Waals surface area (Å²) in [5.41, 5.74) is 4.53. The standard InChI is InChI=1S/C16H18ClFN2O/c1-21-13-6-2-11(3-7-13)4-9-16(20-19)14-10-12(18)5-8-15(14)17/h2-3,5-8,10,16,20H,4,9,19H2,1H3. The van der Waals surface area contributed by atoms with E-state index in [-0.39, 0.29) is 11.9 Å². The molecular formula is C16H18ClFN2O. The third-order valence-electron chi connectivity index (χ3n) is 3.42. The quantitative estimate of drug-likeness (QED) is 0.633. The van der Waals surface area contributed by atoms with E-state index in [0.29, 0.717) is 17.0 Å². The highest BCUT2D eigenvalue weighted by molar-refractivity contribution is 6.31. The van der Waals surface area contributed by atoms with E-state index < -0.39 is 0 Å². The summed E-state index contributed by atoms with van der Waals surface area (Å²) in [5.74, 6) is 6.08. The number of aryl methyl sites for hydroxylation is 1. The van der Waals surface area contributed by atoms with Crippen molar-refractivity contribution >= 4 is 11.6 Å². The van der Waals surface area contributed by atoms with Crippen molar-refractivity contribution in [2.75, 3.05) is 7.11 Å². The minimum absolute atomic E-state index is 0.199. The Labute approximate surface area is 128 Å². The minimum atomic E-state index is -0.320. The maximum absolute atomic E-state index is 13.3. The van der Waals surface area contributed by atoms with Gasteiger partial charge in [-0.05, 0) is 54.3 Å². The van der Waals surface area contributed by atoms with E-state index in [0.717, 1.165) is 17.7 Å². The van der Waals surface area contributed by atoms with E-state index >= 15 is 0 Å². The van der Waals surface area contributed by atoms with Gasteiger partial charge in [0.2, 0.25) is 0 Å². The summed E-state index contributed by atoms with van der Waals surface area (Å²) in [7, 11) is 1.63. The molecular weight excluding hydrogens is 291 g/mol. The number of nitrogens with one attached hydrogen (secondary N) is 1. The van der Waals surface area contributed by atoms with E-state index in [9.17, 15) is 4.39 Å². The van der Waals surface area contributed by atoms with Crippen LogP contribution < -0.4 is 16.0 Å². The number of ether oxygens (including phenoxy) is 1. The zero-order valence-corrected chi connectivity index (χ0v) is 12.5. The Morgan fingerprint density at radius 2 is 1.95 bits per heavy atom. The lowest BCUT2D eigenvalue weighted by Gasteiger charge is -2.18. The number of nitrogens with two attached hydrogens (primary N) is 1. The van der Waals surface area contributed by atoms with Gasteiger partial charge in [-0.25, -0.2) is 4.39 Å². The molecule has 0 saturated carbocycles. The number of halogens is 2. The molecule has 21 heavy (non-hydrogen) atoms. The highest BCUT2D eigenvalue weighted by Gasteiger charge is 2.14. The Kier molecular flexibility index (Phi) is 5.56. The molecule has 0 fully saturated rings. The summed E-state index contributed by atoms with van der Waals surface area (Å²) in [5, 5.41) is 0.508. The molecule has 3 N–H and O–H groups in total. The van der Waals surface area contributed by atoms with Crippen molar-refractivity contribution in [3.05, 3.63) is 64.4 Å². The van der Waals surface area contributed by atoms with Crippen molar-refractivity contribution in [1.82, 2.24) is 5.43 Å². The monoisotopic (exact) mass is 308 g/mol. The predicted octanol–water partition coefficient (Wildman–Crippen LogP) is 3.62. The van der Waals surface area contributed by atoms with E-state index in [1.165, 1.54) is 12.1 Å². The van der Waals surface area contributed by atoms with E-state index in [2.05, 4.69) is 5.43 Å². The molecule has 0 aliphatic heterocycles. The van der Waals surface area contributed by atoms with E-state index in [4.69, 9.17) is 22.2 Å². The maximum atomic E-state index is 13.3. The first kappa shape index (κ1) is 15.8. The first-order valence-electron chi connectivity index (χ1n) is 6.68. The molecule has 2 aromatic carbocycles. The molecule has 1 unspecified atom stereocenters. The lowest BCUT2D eigenvalue weighted by molar-refractivity contribution is 0.414. The number of methoxy groups -OCH3 is 1. The van der Waals surface area contributed by atoms with Gasteiger partial charge in [-0.15, -0.1) is 0 Å². The molecule has 1 atom stereocenters. The molecule has 5 heteroatoms. The molecule has 0 spiro atoms. The second kappa shape index (κ2) is 7.41. The molecule has 0 radical (unpaired) electrons. The number of hydrogen-bond donors (Lipinski definition) is 2. The molecule has 3 nitrogen and oxygen atoms in total. The first-order chi connectivity index (χ1) is 10.1. The fourth-order valence-electron chi connectivity index (χ4n) is 2.21. The van der Waals surface area contributed by atoms with Crippen LogP contribution in [0, 0.1) is 5.82 Å². The summed E-state index contributed by atoms with van der Waals surface area (Å²) in [4.78, 5) is 0. The van der Waals surface area contributed by atoms with Gasteiger partial charge in [0, 0.05) is 11.1 Å². The van der Waals surface area contributed by atoms with Crippen LogP contribution in [-0.2, 0) is 6.42 Å². The van der Waals surface area contributed by atoms with Gasteiger partial charge in [-0.1, -0.05) is 23.7 Å². The molecule has 0 aromatic heterocycles. The first-order valence-corrected chi connectivity index (χ1v) is 7.06. The zero-order valence-electron chi connectivity index (χ0n) is 11.8. The highest BCUT2D eigenvalue weighted by Crippen LogP contribution is 2.27. The van der Waals surface area contributed by atoms with E-state index in [1.807, 2.05) is 24.3 Å². The van der Waals surface area contributed by atoms with Crippen LogP contribution in [0.4, 0.5) is 4.39 Å². The van der Waals surface area contributed by atoms with Crippen molar-refractivity contribution in [1.29, 1.82) is 0 Å². The highest BCUT2D eigenvalue weighted by atomic mass is 35.5. The summed E-state index contributed by atoms with van der Waals surface area (Å²) in [6.45, 7) is 0. The summed E-state index contributed by atoms with van der Waals surface area (Å²) in [6, 6.07) is 11.9. The van der Waals surface area contributed by atoms with Crippen LogP contribution in [-0.4, -0.2) is 7.11 Å². The number of rotatable bonds is 6. The van der Waals surface area contributed by atoms with E-state index in [1.54, 1.807) is 13.2 Å². The summed E-state index contributed by atoms with van der Waals surface area (Å²) < 4.78 is 18.5. The zero-order chi connectivity index (χ0) is 15.2. The van der Waals surface area contributed by atoms with Gasteiger partial charge >= 0.3 is 0 Å². The van der Waals surface area contributed by atoms with Gasteiger partial charge < -0.3 is 4.74 Å². The van der Waals surface area contributed by atoms with Crippen molar-refractivity contribution in [2.24, 2.45) is 5.84 Å². The van der Waals surface area contributed by atoms with Gasteiger partial charge in [0.05, 0.1) is 7.11 Å². The van der Waals surface area contributed by atoms with Crippen LogP contribution in [0.2, 0.25) is 5.02 Å². The Balaban J connectivity index is 2.06. The van der Waals surface area contributed by atoms with Crippen LogP contribution in [0.25, 0.3) is 0 Å². The van der Waals surface area contributed by atoms with Crippen molar-refractivity contribution in [3.63, 3.8) is 0 Å². The molecule has 0 amide bonds. The second-order valence-corrected chi connectivity index (χ2v) is 5.18. The Morgan fingerprint density at radius 1 is 1.24 bits per heavy atom. The van der Waals surface area contributed by atoms with Crippen molar-refractivity contribution in [3.8, 4) is 5.75 Å². The fraction of sp³-hybridized carbons (Fsp3) is 0.250. The van der Waals surface area contributed by atoms with Gasteiger partial charge in [0.15, 0.2) is 0 Å². The third kappa shape index (κ3) is 4.17. The predicted molar refractivity (Wildman–Crippen MR) is 82.8 cm³/mol.